The smallest absolute Gasteiger partial charge is 0.319 e. The molecule has 0 aromatic heterocycles. The first-order valence-electron chi connectivity index (χ1n) is 7.34. The minimum atomic E-state index is -0.340. The summed E-state index contributed by atoms with van der Waals surface area (Å²) in [5, 5.41) is 2.24. The van der Waals surface area contributed by atoms with Gasteiger partial charge in [0.15, 0.2) is 0 Å². The molecule has 1 aliphatic carbocycles. The second kappa shape index (κ2) is 5.53. The monoisotopic (exact) mass is 268 g/mol. The molecule has 0 unspecified atom stereocenters. The normalized spacial score (nSPS) is 16.2. The van der Waals surface area contributed by atoms with Gasteiger partial charge in [0, 0.05) is 11.4 Å². The van der Waals surface area contributed by atoms with Crippen LogP contribution in [0.15, 0.2) is 42.5 Å². The topological polar surface area (TPSA) is 46.3 Å². The van der Waals surface area contributed by atoms with Crippen molar-refractivity contribution in [3.8, 4) is 0 Å². The Bertz CT molecular complexity index is 612. The van der Waals surface area contributed by atoms with Gasteiger partial charge in [-0.15, -0.1) is 0 Å². The number of carbonyl (C=O) groups excluding carboxylic acids is 1. The van der Waals surface area contributed by atoms with E-state index in [2.05, 4.69) is 18.2 Å². The molecular formula is C17H20N2O. The molecule has 1 saturated carbocycles. The molecule has 0 aliphatic heterocycles. The average Bonchev–Trinajstić information content (AvgIpc) is 2.48. The molecule has 2 aromatic rings. The van der Waals surface area contributed by atoms with Crippen LogP contribution in [0.25, 0.3) is 10.8 Å². The predicted octanol–water partition coefficient (Wildman–Crippen LogP) is 4.06. The number of fused-ring (bicyclic) bond motifs is 1. The number of primary amides is 1. The second-order valence-electron chi connectivity index (χ2n) is 5.50. The van der Waals surface area contributed by atoms with Crippen LogP contribution in [0.1, 0.15) is 32.1 Å². The van der Waals surface area contributed by atoms with E-state index in [0.717, 1.165) is 29.3 Å². The fourth-order valence-corrected chi connectivity index (χ4v) is 3.25. The predicted molar refractivity (Wildman–Crippen MR) is 82.9 cm³/mol. The van der Waals surface area contributed by atoms with Crippen LogP contribution >= 0.6 is 0 Å². The third-order valence-corrected chi connectivity index (χ3v) is 4.20. The van der Waals surface area contributed by atoms with Gasteiger partial charge in [0.05, 0.1) is 5.69 Å². The quantitative estimate of drug-likeness (QED) is 0.877. The van der Waals surface area contributed by atoms with Crippen LogP contribution in [0.3, 0.4) is 0 Å². The molecule has 20 heavy (non-hydrogen) atoms. The maximum Gasteiger partial charge on any atom is 0.319 e. The molecule has 104 valence electrons. The first-order valence-corrected chi connectivity index (χ1v) is 7.34. The van der Waals surface area contributed by atoms with Crippen molar-refractivity contribution in [1.82, 2.24) is 0 Å². The summed E-state index contributed by atoms with van der Waals surface area (Å²) in [5.74, 6) is 0. The second-order valence-corrected chi connectivity index (χ2v) is 5.50. The minimum absolute atomic E-state index is 0.243. The van der Waals surface area contributed by atoms with Crippen molar-refractivity contribution in [1.29, 1.82) is 0 Å². The molecule has 0 spiro atoms. The van der Waals surface area contributed by atoms with E-state index < -0.39 is 0 Å². The van der Waals surface area contributed by atoms with Crippen LogP contribution in [0.5, 0.6) is 0 Å². The van der Waals surface area contributed by atoms with E-state index in [0.29, 0.717) is 0 Å². The van der Waals surface area contributed by atoms with Crippen LogP contribution in [0.4, 0.5) is 10.5 Å². The van der Waals surface area contributed by atoms with E-state index in [1.165, 1.54) is 19.3 Å². The zero-order valence-corrected chi connectivity index (χ0v) is 11.6. The van der Waals surface area contributed by atoms with Crippen molar-refractivity contribution in [3.63, 3.8) is 0 Å². The fourth-order valence-electron chi connectivity index (χ4n) is 3.25. The highest BCUT2D eigenvalue weighted by Crippen LogP contribution is 2.32. The summed E-state index contributed by atoms with van der Waals surface area (Å²) in [4.78, 5) is 13.8. The number of urea groups is 1. The number of hydrogen-bond acceptors (Lipinski definition) is 1. The number of benzene rings is 2. The Labute approximate surface area is 119 Å². The standard InChI is InChI=1S/C17H20N2O/c18-17(20)19(14-9-2-1-3-10-14)16-12-6-8-13-7-4-5-11-15(13)16/h4-8,11-12,14H,1-3,9-10H2,(H2,18,20). The summed E-state index contributed by atoms with van der Waals surface area (Å²) >= 11 is 0. The first kappa shape index (κ1) is 13.0. The van der Waals surface area contributed by atoms with Crippen LogP contribution in [-0.4, -0.2) is 12.1 Å². The number of carbonyl (C=O) groups is 1. The van der Waals surface area contributed by atoms with Gasteiger partial charge in [-0.1, -0.05) is 55.7 Å². The fraction of sp³-hybridized carbons (Fsp3) is 0.353. The Balaban J connectivity index is 2.07. The third kappa shape index (κ3) is 2.36. The van der Waals surface area contributed by atoms with Gasteiger partial charge in [-0.3, -0.25) is 4.90 Å². The van der Waals surface area contributed by atoms with Gasteiger partial charge in [0.25, 0.3) is 0 Å². The lowest BCUT2D eigenvalue weighted by Crippen LogP contribution is -2.44. The molecular weight excluding hydrogens is 248 g/mol. The summed E-state index contributed by atoms with van der Waals surface area (Å²) in [6.07, 6.45) is 5.72. The van der Waals surface area contributed by atoms with Gasteiger partial charge in [0.1, 0.15) is 0 Å². The molecule has 0 saturated heterocycles. The first-order chi connectivity index (χ1) is 9.77. The van der Waals surface area contributed by atoms with Crippen molar-refractivity contribution in [3.05, 3.63) is 42.5 Å². The number of hydrogen-bond donors (Lipinski definition) is 1. The lowest BCUT2D eigenvalue weighted by Gasteiger charge is -2.33. The molecule has 3 rings (SSSR count). The Kier molecular flexibility index (Phi) is 3.59. The Morgan fingerprint density at radius 2 is 1.70 bits per heavy atom. The number of anilines is 1. The van der Waals surface area contributed by atoms with Crippen molar-refractivity contribution < 1.29 is 4.79 Å². The van der Waals surface area contributed by atoms with Crippen LogP contribution in [0.2, 0.25) is 0 Å². The van der Waals surface area contributed by atoms with Gasteiger partial charge in [-0.25, -0.2) is 4.79 Å². The highest BCUT2D eigenvalue weighted by atomic mass is 16.2. The highest BCUT2D eigenvalue weighted by Gasteiger charge is 2.26. The van der Waals surface area contributed by atoms with Gasteiger partial charge in [0.2, 0.25) is 0 Å². The van der Waals surface area contributed by atoms with Crippen LogP contribution in [-0.2, 0) is 0 Å². The number of amides is 2. The molecule has 3 heteroatoms. The molecule has 0 atom stereocenters. The van der Waals surface area contributed by atoms with E-state index >= 15 is 0 Å². The van der Waals surface area contributed by atoms with Crippen molar-refractivity contribution in [2.45, 2.75) is 38.1 Å². The summed E-state index contributed by atoms with van der Waals surface area (Å²) in [6, 6.07) is 14.1. The molecule has 0 heterocycles. The summed E-state index contributed by atoms with van der Waals surface area (Å²) in [7, 11) is 0. The summed E-state index contributed by atoms with van der Waals surface area (Å²) < 4.78 is 0. The van der Waals surface area contributed by atoms with E-state index in [4.69, 9.17) is 5.73 Å². The van der Waals surface area contributed by atoms with Crippen molar-refractivity contribution >= 4 is 22.5 Å². The molecule has 1 aliphatic rings. The Morgan fingerprint density at radius 3 is 2.45 bits per heavy atom. The average molecular weight is 268 g/mol. The summed E-state index contributed by atoms with van der Waals surface area (Å²) in [5.41, 5.74) is 6.62. The molecule has 0 bridgehead atoms. The van der Waals surface area contributed by atoms with E-state index in [1.54, 1.807) is 0 Å². The summed E-state index contributed by atoms with van der Waals surface area (Å²) in [6.45, 7) is 0. The molecule has 2 amide bonds. The SMILES string of the molecule is NC(=O)N(c1cccc2ccccc12)C1CCCCC1. The van der Waals surface area contributed by atoms with Gasteiger partial charge in [-0.05, 0) is 24.3 Å². The van der Waals surface area contributed by atoms with Crippen molar-refractivity contribution in [2.24, 2.45) is 5.73 Å². The van der Waals surface area contributed by atoms with Crippen LogP contribution in [0, 0.1) is 0 Å². The van der Waals surface area contributed by atoms with Gasteiger partial charge >= 0.3 is 6.03 Å². The van der Waals surface area contributed by atoms with E-state index in [9.17, 15) is 4.79 Å². The molecule has 0 radical (unpaired) electrons. The zero-order valence-electron chi connectivity index (χ0n) is 11.6. The minimum Gasteiger partial charge on any atom is -0.351 e. The maximum atomic E-state index is 12.0. The lowest BCUT2D eigenvalue weighted by molar-refractivity contribution is 0.249. The van der Waals surface area contributed by atoms with Gasteiger partial charge in [-0.2, -0.15) is 0 Å². The third-order valence-electron chi connectivity index (χ3n) is 4.20. The maximum absolute atomic E-state index is 12.0. The van der Waals surface area contributed by atoms with E-state index in [1.807, 2.05) is 29.2 Å². The zero-order chi connectivity index (χ0) is 13.9. The lowest BCUT2D eigenvalue weighted by atomic mass is 9.93. The van der Waals surface area contributed by atoms with Crippen molar-refractivity contribution in [2.75, 3.05) is 4.90 Å². The largest absolute Gasteiger partial charge is 0.351 e. The molecule has 1 fully saturated rings. The number of nitrogens with zero attached hydrogens (tertiary/aromatic N) is 1. The molecule has 2 aromatic carbocycles. The molecule has 3 nitrogen and oxygen atoms in total. The van der Waals surface area contributed by atoms with E-state index in [-0.39, 0.29) is 12.1 Å². The number of rotatable bonds is 2. The van der Waals surface area contributed by atoms with Gasteiger partial charge < -0.3 is 5.73 Å². The molecule has 2 N–H and O–H groups in total. The highest BCUT2D eigenvalue weighted by molar-refractivity contribution is 6.03. The number of nitrogens with two attached hydrogens (primary N) is 1. The Hall–Kier alpha value is -2.03. The van der Waals surface area contributed by atoms with Crippen LogP contribution < -0.4 is 10.6 Å². The Morgan fingerprint density at radius 1 is 1.00 bits per heavy atom.